The Morgan fingerprint density at radius 2 is 1.94 bits per heavy atom. The molecule has 5 nitrogen and oxygen atoms in total. The van der Waals surface area contributed by atoms with Crippen LogP contribution in [0.1, 0.15) is 15.2 Å². The lowest BCUT2D eigenvalue weighted by atomic mass is 10.0. The standard InChI is InChI=1S/C24H17N3O2S2/c1-29-17-11-12-21-22(14-17)31-24(26-21)27(25-15-18-8-5-13-30-18)23(28)20-10-4-7-16-6-2-3-9-19(16)20/h2-15H,1H3/b25-15+. The molecule has 152 valence electrons. The fraction of sp³-hybridized carbons (Fsp3) is 0.0417. The zero-order valence-electron chi connectivity index (χ0n) is 16.6. The molecule has 0 atom stereocenters. The van der Waals surface area contributed by atoms with Crippen molar-refractivity contribution in [2.75, 3.05) is 12.1 Å². The van der Waals surface area contributed by atoms with Gasteiger partial charge in [0.25, 0.3) is 5.91 Å². The van der Waals surface area contributed by atoms with Gasteiger partial charge >= 0.3 is 0 Å². The number of anilines is 1. The first kappa shape index (κ1) is 19.4. The van der Waals surface area contributed by atoms with Crippen molar-refractivity contribution in [1.29, 1.82) is 0 Å². The first-order chi connectivity index (χ1) is 15.2. The van der Waals surface area contributed by atoms with E-state index in [1.807, 2.05) is 78.2 Å². The highest BCUT2D eigenvalue weighted by molar-refractivity contribution is 7.22. The van der Waals surface area contributed by atoms with Gasteiger partial charge in [0.15, 0.2) is 0 Å². The Labute approximate surface area is 186 Å². The van der Waals surface area contributed by atoms with Gasteiger partial charge in [-0.3, -0.25) is 4.79 Å². The zero-order valence-corrected chi connectivity index (χ0v) is 18.2. The van der Waals surface area contributed by atoms with E-state index in [9.17, 15) is 4.79 Å². The van der Waals surface area contributed by atoms with Crippen molar-refractivity contribution in [3.8, 4) is 5.75 Å². The second kappa shape index (κ2) is 8.29. The molecule has 1 amide bonds. The molecule has 3 aromatic carbocycles. The number of hydrogen-bond donors (Lipinski definition) is 0. The molecule has 0 aliphatic rings. The Balaban J connectivity index is 1.62. The SMILES string of the molecule is COc1ccc2nc(N(/N=C/c3cccs3)C(=O)c3cccc4ccccc34)sc2c1. The van der Waals surface area contributed by atoms with Gasteiger partial charge < -0.3 is 4.74 Å². The smallest absolute Gasteiger partial charge is 0.281 e. The number of carbonyl (C=O) groups is 1. The minimum absolute atomic E-state index is 0.226. The number of carbonyl (C=O) groups excluding carboxylic acids is 1. The molecule has 2 heterocycles. The minimum atomic E-state index is -0.226. The van der Waals surface area contributed by atoms with Crippen molar-refractivity contribution in [1.82, 2.24) is 4.98 Å². The predicted molar refractivity (Wildman–Crippen MR) is 129 cm³/mol. The number of ether oxygens (including phenoxy) is 1. The Bertz CT molecular complexity index is 1400. The second-order valence-corrected chi connectivity index (χ2v) is 8.72. The Morgan fingerprint density at radius 1 is 1.06 bits per heavy atom. The van der Waals surface area contributed by atoms with Crippen LogP contribution in [0.3, 0.4) is 0 Å². The Kier molecular flexibility index (Phi) is 5.19. The van der Waals surface area contributed by atoms with Crippen LogP contribution in [0.25, 0.3) is 21.0 Å². The predicted octanol–water partition coefficient (Wildman–Crippen LogP) is 6.20. The summed E-state index contributed by atoms with van der Waals surface area (Å²) < 4.78 is 6.25. The minimum Gasteiger partial charge on any atom is -0.497 e. The number of hydrogen-bond acceptors (Lipinski definition) is 6. The summed E-state index contributed by atoms with van der Waals surface area (Å²) in [6, 6.07) is 23.1. The molecule has 5 aromatic rings. The zero-order chi connectivity index (χ0) is 21.2. The van der Waals surface area contributed by atoms with Gasteiger partial charge in [-0.1, -0.05) is 53.8 Å². The number of aromatic nitrogens is 1. The highest BCUT2D eigenvalue weighted by Crippen LogP contribution is 2.33. The van der Waals surface area contributed by atoms with Crippen LogP contribution in [0.15, 0.2) is 83.3 Å². The summed E-state index contributed by atoms with van der Waals surface area (Å²) in [7, 11) is 1.63. The van der Waals surface area contributed by atoms with Gasteiger partial charge in [0, 0.05) is 10.4 Å². The van der Waals surface area contributed by atoms with Gasteiger partial charge in [0.05, 0.1) is 23.5 Å². The van der Waals surface area contributed by atoms with Crippen LogP contribution in [-0.4, -0.2) is 24.2 Å². The van der Waals surface area contributed by atoms with E-state index in [4.69, 9.17) is 4.74 Å². The first-order valence-electron chi connectivity index (χ1n) is 9.57. The summed E-state index contributed by atoms with van der Waals surface area (Å²) in [6.45, 7) is 0. The number of hydrazone groups is 1. The molecule has 0 saturated heterocycles. The number of thiophene rings is 1. The van der Waals surface area contributed by atoms with E-state index in [0.717, 1.165) is 31.6 Å². The van der Waals surface area contributed by atoms with Gasteiger partial charge in [-0.05, 0) is 46.5 Å². The number of benzene rings is 3. The molecular formula is C24H17N3O2S2. The van der Waals surface area contributed by atoms with Crippen LogP contribution >= 0.6 is 22.7 Å². The van der Waals surface area contributed by atoms with Gasteiger partial charge in [-0.25, -0.2) is 4.98 Å². The molecule has 0 unspecified atom stereocenters. The average Bonchev–Trinajstić information content (AvgIpc) is 3.48. The van der Waals surface area contributed by atoms with E-state index in [2.05, 4.69) is 10.1 Å². The summed E-state index contributed by atoms with van der Waals surface area (Å²) in [4.78, 5) is 19.3. The van der Waals surface area contributed by atoms with E-state index >= 15 is 0 Å². The molecule has 2 aromatic heterocycles. The first-order valence-corrected chi connectivity index (χ1v) is 11.3. The van der Waals surface area contributed by atoms with E-state index < -0.39 is 0 Å². The van der Waals surface area contributed by atoms with Crippen molar-refractivity contribution < 1.29 is 9.53 Å². The number of thiazole rings is 1. The summed E-state index contributed by atoms with van der Waals surface area (Å²) in [5, 5.41) is 10.3. The molecule has 31 heavy (non-hydrogen) atoms. The molecule has 0 N–H and O–H groups in total. The fourth-order valence-corrected chi connectivity index (χ4v) is 4.83. The lowest BCUT2D eigenvalue weighted by molar-refractivity contribution is 0.0989. The molecule has 0 aliphatic heterocycles. The monoisotopic (exact) mass is 443 g/mol. The van der Waals surface area contributed by atoms with Crippen molar-refractivity contribution >= 4 is 60.9 Å². The summed E-state index contributed by atoms with van der Waals surface area (Å²) in [5.74, 6) is 0.521. The third-order valence-electron chi connectivity index (χ3n) is 4.82. The average molecular weight is 444 g/mol. The Hall–Kier alpha value is -3.55. The molecule has 7 heteroatoms. The fourth-order valence-electron chi connectivity index (χ4n) is 3.30. The summed E-state index contributed by atoms with van der Waals surface area (Å²) in [6.07, 6.45) is 1.69. The summed E-state index contributed by atoms with van der Waals surface area (Å²) in [5.41, 5.74) is 1.38. The van der Waals surface area contributed by atoms with Crippen molar-refractivity contribution in [3.63, 3.8) is 0 Å². The maximum Gasteiger partial charge on any atom is 0.281 e. The highest BCUT2D eigenvalue weighted by Gasteiger charge is 2.23. The van der Waals surface area contributed by atoms with Crippen LogP contribution in [0, 0.1) is 0 Å². The van der Waals surface area contributed by atoms with E-state index in [-0.39, 0.29) is 5.91 Å². The molecule has 0 spiro atoms. The van der Waals surface area contributed by atoms with Gasteiger partial charge in [0.2, 0.25) is 5.13 Å². The lowest BCUT2D eigenvalue weighted by Gasteiger charge is -2.15. The van der Waals surface area contributed by atoms with Crippen LogP contribution in [0.4, 0.5) is 5.13 Å². The quantitative estimate of drug-likeness (QED) is 0.240. The van der Waals surface area contributed by atoms with Crippen molar-refractivity contribution in [2.45, 2.75) is 0 Å². The maximum absolute atomic E-state index is 13.7. The van der Waals surface area contributed by atoms with Gasteiger partial charge in [-0.2, -0.15) is 10.1 Å². The van der Waals surface area contributed by atoms with E-state index in [1.165, 1.54) is 16.3 Å². The van der Waals surface area contributed by atoms with Gasteiger partial charge in [0.1, 0.15) is 5.75 Å². The molecule has 0 fully saturated rings. The maximum atomic E-state index is 13.7. The molecule has 0 saturated carbocycles. The second-order valence-electron chi connectivity index (χ2n) is 6.73. The highest BCUT2D eigenvalue weighted by atomic mass is 32.1. The number of amides is 1. The van der Waals surface area contributed by atoms with Crippen LogP contribution in [0.5, 0.6) is 5.75 Å². The molecule has 0 aliphatic carbocycles. The largest absolute Gasteiger partial charge is 0.497 e. The normalized spacial score (nSPS) is 11.4. The number of fused-ring (bicyclic) bond motifs is 2. The molecule has 0 radical (unpaired) electrons. The summed E-state index contributed by atoms with van der Waals surface area (Å²) >= 11 is 2.96. The molecule has 5 rings (SSSR count). The number of rotatable bonds is 5. The van der Waals surface area contributed by atoms with Crippen LogP contribution < -0.4 is 9.75 Å². The van der Waals surface area contributed by atoms with Gasteiger partial charge in [-0.15, -0.1) is 11.3 Å². The lowest BCUT2D eigenvalue weighted by Crippen LogP contribution is -2.25. The third kappa shape index (κ3) is 3.81. The van der Waals surface area contributed by atoms with E-state index in [0.29, 0.717) is 10.7 Å². The third-order valence-corrected chi connectivity index (χ3v) is 6.62. The van der Waals surface area contributed by atoms with Crippen LogP contribution in [0.2, 0.25) is 0 Å². The topological polar surface area (TPSA) is 54.8 Å². The van der Waals surface area contributed by atoms with E-state index in [1.54, 1.807) is 24.7 Å². The van der Waals surface area contributed by atoms with Crippen LogP contribution in [-0.2, 0) is 0 Å². The van der Waals surface area contributed by atoms with Crippen molar-refractivity contribution in [2.24, 2.45) is 5.10 Å². The molecular weight excluding hydrogens is 426 g/mol. The van der Waals surface area contributed by atoms with Crippen molar-refractivity contribution in [3.05, 3.63) is 88.6 Å². The number of methoxy groups -OCH3 is 1. The Morgan fingerprint density at radius 3 is 2.77 bits per heavy atom. The number of nitrogens with zero attached hydrogens (tertiary/aromatic N) is 3. The molecule has 0 bridgehead atoms.